The van der Waals surface area contributed by atoms with Gasteiger partial charge in [0.1, 0.15) is 11.6 Å². The summed E-state index contributed by atoms with van der Waals surface area (Å²) in [5.74, 6) is 3.28. The summed E-state index contributed by atoms with van der Waals surface area (Å²) in [7, 11) is 4.74. The third-order valence-electron chi connectivity index (χ3n) is 6.61. The van der Waals surface area contributed by atoms with Crippen molar-refractivity contribution in [1.82, 2.24) is 19.8 Å². The van der Waals surface area contributed by atoms with Gasteiger partial charge in [-0.15, -0.1) is 0 Å². The fraction of sp³-hybridized carbons (Fsp3) is 0.407. The fourth-order valence-corrected chi connectivity index (χ4v) is 5.54. The molecular weight excluding hydrogens is 524 g/mol. The number of hydrogen-bond acceptors (Lipinski definition) is 10. The van der Waals surface area contributed by atoms with Crippen LogP contribution in [0.2, 0.25) is 5.02 Å². The van der Waals surface area contributed by atoms with Gasteiger partial charge in [-0.1, -0.05) is 41.6 Å². The molecule has 0 atom stereocenters. The smallest absolute Gasteiger partial charge is 0.203 e. The quantitative estimate of drug-likeness (QED) is 0.266. The molecule has 1 fully saturated rings. The molecule has 0 aliphatic carbocycles. The van der Waals surface area contributed by atoms with Gasteiger partial charge in [0.2, 0.25) is 5.75 Å². The number of piperazine rings is 1. The zero-order valence-electron chi connectivity index (χ0n) is 22.1. The number of hydrogen-bond donors (Lipinski definition) is 2. The number of nitrogens with two attached hydrogens (primary N) is 2. The number of rotatable bonds is 11. The minimum absolute atomic E-state index is 0.377. The van der Waals surface area contributed by atoms with Gasteiger partial charge in [0.05, 0.1) is 21.3 Å². The highest BCUT2D eigenvalue weighted by atomic mass is 35.5. The molecule has 1 aliphatic rings. The van der Waals surface area contributed by atoms with E-state index in [1.165, 1.54) is 5.56 Å². The summed E-state index contributed by atoms with van der Waals surface area (Å²) in [6, 6.07) is 11.8. The Balaban J connectivity index is 1.30. The normalized spacial score (nSPS) is 14.4. The molecular formula is C27H35ClN6O3S. The SMILES string of the molecule is COc1cc(Cc2c(N)nc(SCCN3CCN(Cc4ccccc4Cl)CC3)nc2N)cc(OC)c1OC. The van der Waals surface area contributed by atoms with E-state index in [1.807, 2.05) is 30.3 Å². The van der Waals surface area contributed by atoms with E-state index in [1.54, 1.807) is 33.1 Å². The number of nitrogens with zero attached hydrogens (tertiary/aromatic N) is 4. The van der Waals surface area contributed by atoms with Gasteiger partial charge >= 0.3 is 0 Å². The second-order valence-corrected chi connectivity index (χ2v) is 10.5. The Morgan fingerprint density at radius 2 is 1.50 bits per heavy atom. The first-order chi connectivity index (χ1) is 18.4. The molecule has 2 heterocycles. The van der Waals surface area contributed by atoms with Crippen LogP contribution in [0.3, 0.4) is 0 Å². The van der Waals surface area contributed by atoms with Crippen molar-refractivity contribution in [2.75, 3.05) is 71.3 Å². The van der Waals surface area contributed by atoms with Crippen LogP contribution in [0, 0.1) is 0 Å². The van der Waals surface area contributed by atoms with Crippen LogP contribution < -0.4 is 25.7 Å². The van der Waals surface area contributed by atoms with Gasteiger partial charge in [0.15, 0.2) is 16.7 Å². The van der Waals surface area contributed by atoms with Crippen molar-refractivity contribution >= 4 is 35.0 Å². The molecule has 2 aromatic carbocycles. The molecule has 204 valence electrons. The van der Waals surface area contributed by atoms with Crippen LogP contribution in [-0.4, -0.2) is 79.6 Å². The number of nitrogen functional groups attached to an aromatic ring is 2. The van der Waals surface area contributed by atoms with Crippen LogP contribution in [0.5, 0.6) is 17.2 Å². The Labute approximate surface area is 233 Å². The fourth-order valence-electron chi connectivity index (χ4n) is 4.49. The molecule has 4 N–H and O–H groups in total. The molecule has 11 heteroatoms. The molecule has 9 nitrogen and oxygen atoms in total. The molecule has 1 aromatic heterocycles. The van der Waals surface area contributed by atoms with E-state index in [0.717, 1.165) is 55.6 Å². The molecule has 0 bridgehead atoms. The highest BCUT2D eigenvalue weighted by molar-refractivity contribution is 7.99. The summed E-state index contributed by atoms with van der Waals surface area (Å²) in [4.78, 5) is 14.0. The maximum atomic E-state index is 6.32. The van der Waals surface area contributed by atoms with Crippen LogP contribution in [0.4, 0.5) is 11.6 Å². The summed E-state index contributed by atoms with van der Waals surface area (Å²) in [6.07, 6.45) is 0.442. The van der Waals surface area contributed by atoms with Crippen molar-refractivity contribution < 1.29 is 14.2 Å². The van der Waals surface area contributed by atoms with E-state index in [9.17, 15) is 0 Å². The standard InChI is InChI=1S/C27H35ClN6O3S/c1-35-22-15-18(16-23(36-2)24(22)37-3)14-20-25(29)31-27(32-26(20)30)38-13-12-33-8-10-34(11-9-33)17-19-6-4-5-7-21(19)28/h4-7,15-16H,8-14,17H2,1-3H3,(H4,29,30,31,32). The van der Waals surface area contributed by atoms with Gasteiger partial charge in [0.25, 0.3) is 0 Å². The highest BCUT2D eigenvalue weighted by Crippen LogP contribution is 2.39. The van der Waals surface area contributed by atoms with Gasteiger partial charge in [0, 0.05) is 62.0 Å². The van der Waals surface area contributed by atoms with Crippen molar-refractivity contribution in [3.63, 3.8) is 0 Å². The molecule has 1 saturated heterocycles. The van der Waals surface area contributed by atoms with Gasteiger partial charge in [-0.3, -0.25) is 9.80 Å². The summed E-state index contributed by atoms with van der Waals surface area (Å²) in [6.45, 7) is 5.90. The first kappa shape index (κ1) is 28.1. The molecule has 0 unspecified atom stereocenters. The van der Waals surface area contributed by atoms with Gasteiger partial charge < -0.3 is 25.7 Å². The first-order valence-corrected chi connectivity index (χ1v) is 13.8. The second-order valence-electron chi connectivity index (χ2n) is 9.02. The van der Waals surface area contributed by atoms with Crippen molar-refractivity contribution in [3.8, 4) is 17.2 Å². The molecule has 0 radical (unpaired) electrons. The third kappa shape index (κ3) is 6.93. The van der Waals surface area contributed by atoms with Gasteiger partial charge in [-0.05, 0) is 29.3 Å². The number of thioether (sulfide) groups is 1. The van der Waals surface area contributed by atoms with E-state index in [0.29, 0.717) is 46.0 Å². The second kappa shape index (κ2) is 13.2. The molecule has 1 aliphatic heterocycles. The van der Waals surface area contributed by atoms with Gasteiger partial charge in [-0.25, -0.2) is 9.97 Å². The Bertz CT molecular complexity index is 1190. The van der Waals surface area contributed by atoms with Crippen LogP contribution in [0.15, 0.2) is 41.6 Å². The Hall–Kier alpha value is -2.92. The molecule has 4 rings (SSSR count). The molecule has 0 saturated carbocycles. The van der Waals surface area contributed by atoms with Crippen molar-refractivity contribution in [1.29, 1.82) is 0 Å². The lowest BCUT2D eigenvalue weighted by Crippen LogP contribution is -2.46. The maximum absolute atomic E-state index is 6.32. The molecule has 38 heavy (non-hydrogen) atoms. The lowest BCUT2D eigenvalue weighted by atomic mass is 10.0. The van der Waals surface area contributed by atoms with E-state index in [4.69, 9.17) is 37.3 Å². The van der Waals surface area contributed by atoms with E-state index in [2.05, 4.69) is 25.8 Å². The lowest BCUT2D eigenvalue weighted by Gasteiger charge is -2.34. The van der Waals surface area contributed by atoms with Crippen LogP contribution in [-0.2, 0) is 13.0 Å². The Kier molecular flexibility index (Phi) is 9.79. The van der Waals surface area contributed by atoms with E-state index >= 15 is 0 Å². The number of aromatic nitrogens is 2. The van der Waals surface area contributed by atoms with Crippen molar-refractivity contribution in [2.24, 2.45) is 0 Å². The number of methoxy groups -OCH3 is 3. The monoisotopic (exact) mass is 558 g/mol. The maximum Gasteiger partial charge on any atom is 0.203 e. The van der Waals surface area contributed by atoms with Crippen molar-refractivity contribution in [3.05, 3.63) is 58.1 Å². The zero-order valence-corrected chi connectivity index (χ0v) is 23.6. The molecule has 0 amide bonds. The van der Waals surface area contributed by atoms with Gasteiger partial charge in [-0.2, -0.15) is 0 Å². The Morgan fingerprint density at radius 1 is 0.895 bits per heavy atom. The molecule has 0 spiro atoms. The van der Waals surface area contributed by atoms with E-state index < -0.39 is 0 Å². The molecule has 3 aromatic rings. The largest absolute Gasteiger partial charge is 0.493 e. The third-order valence-corrected chi connectivity index (χ3v) is 7.81. The lowest BCUT2D eigenvalue weighted by molar-refractivity contribution is 0.133. The predicted molar refractivity (Wildman–Crippen MR) is 154 cm³/mol. The Morgan fingerprint density at radius 3 is 2.08 bits per heavy atom. The summed E-state index contributed by atoms with van der Waals surface area (Å²) in [5, 5.41) is 1.42. The minimum Gasteiger partial charge on any atom is -0.493 e. The first-order valence-electron chi connectivity index (χ1n) is 12.4. The summed E-state index contributed by atoms with van der Waals surface area (Å²) >= 11 is 7.89. The van der Waals surface area contributed by atoms with Crippen LogP contribution in [0.1, 0.15) is 16.7 Å². The van der Waals surface area contributed by atoms with Crippen molar-refractivity contribution in [2.45, 2.75) is 18.1 Å². The van der Waals surface area contributed by atoms with E-state index in [-0.39, 0.29) is 0 Å². The highest BCUT2D eigenvalue weighted by Gasteiger charge is 2.19. The topological polar surface area (TPSA) is 112 Å². The summed E-state index contributed by atoms with van der Waals surface area (Å²) in [5.41, 5.74) is 15.4. The number of anilines is 2. The minimum atomic E-state index is 0.377. The number of ether oxygens (including phenoxy) is 3. The average molecular weight is 559 g/mol. The van der Waals surface area contributed by atoms with Crippen LogP contribution in [0.25, 0.3) is 0 Å². The predicted octanol–water partition coefficient (Wildman–Crippen LogP) is 3.82. The number of halogens is 1. The number of benzene rings is 2. The van der Waals surface area contributed by atoms with Crippen LogP contribution >= 0.6 is 23.4 Å². The summed E-state index contributed by atoms with van der Waals surface area (Å²) < 4.78 is 16.3. The zero-order chi connectivity index (χ0) is 27.1. The average Bonchev–Trinajstić information content (AvgIpc) is 2.92.